The number of carbonyl (C=O) groups excluding carboxylic acids is 1. The molecule has 1 aromatic heterocycles. The van der Waals surface area contributed by atoms with Gasteiger partial charge in [0.1, 0.15) is 0 Å². The lowest BCUT2D eigenvalue weighted by molar-refractivity contribution is 0.0593. The van der Waals surface area contributed by atoms with E-state index in [2.05, 4.69) is 26.9 Å². The van der Waals surface area contributed by atoms with Crippen LogP contribution in [0.25, 0.3) is 5.69 Å². The maximum atomic E-state index is 11.4. The van der Waals surface area contributed by atoms with Crippen LogP contribution in [0.5, 0.6) is 0 Å². The van der Waals surface area contributed by atoms with Gasteiger partial charge in [0.05, 0.1) is 12.8 Å². The molecule has 0 atom stereocenters. The first-order valence-corrected chi connectivity index (χ1v) is 6.77. The molecule has 0 aliphatic carbocycles. The van der Waals surface area contributed by atoms with Crippen molar-refractivity contribution in [3.05, 3.63) is 42.2 Å². The first-order valence-electron chi connectivity index (χ1n) is 6.77. The molecule has 0 amide bonds. The van der Waals surface area contributed by atoms with Crippen molar-refractivity contribution in [2.75, 3.05) is 25.1 Å². The molecule has 3 rings (SSSR count). The van der Waals surface area contributed by atoms with Gasteiger partial charge < -0.3 is 9.64 Å². The number of esters is 1. The number of anilines is 1. The molecule has 0 bridgehead atoms. The second-order valence-corrected chi connectivity index (χ2v) is 4.85. The zero-order chi connectivity index (χ0) is 13.9. The maximum absolute atomic E-state index is 11.4. The zero-order valence-electron chi connectivity index (χ0n) is 11.5. The fourth-order valence-electron chi connectivity index (χ4n) is 2.47. The molecule has 0 N–H and O–H groups in total. The lowest BCUT2D eigenvalue weighted by atomic mass is 10.2. The summed E-state index contributed by atoms with van der Waals surface area (Å²) in [6, 6.07) is 9.88. The minimum atomic E-state index is -0.419. The summed E-state index contributed by atoms with van der Waals surface area (Å²) in [5.41, 5.74) is 2.49. The van der Waals surface area contributed by atoms with E-state index in [0.717, 1.165) is 18.8 Å². The lowest BCUT2D eigenvalue weighted by Gasteiger charge is -2.17. The summed E-state index contributed by atoms with van der Waals surface area (Å²) in [5.74, 6) is -0.419. The minimum Gasteiger partial charge on any atom is -0.464 e. The SMILES string of the molecule is COC(=O)c1ccn(-c2ccc(N3CCCC3)cc2)n1. The number of hydrogen-bond donors (Lipinski definition) is 0. The highest BCUT2D eigenvalue weighted by Crippen LogP contribution is 2.21. The molecule has 0 saturated carbocycles. The van der Waals surface area contributed by atoms with E-state index in [1.54, 1.807) is 16.9 Å². The van der Waals surface area contributed by atoms with Gasteiger partial charge in [0.15, 0.2) is 5.69 Å². The van der Waals surface area contributed by atoms with Gasteiger partial charge in [-0.2, -0.15) is 5.10 Å². The minimum absolute atomic E-state index is 0.316. The molecule has 1 fully saturated rings. The Labute approximate surface area is 117 Å². The van der Waals surface area contributed by atoms with Gasteiger partial charge in [-0.3, -0.25) is 0 Å². The number of aromatic nitrogens is 2. The van der Waals surface area contributed by atoms with Gasteiger partial charge in [0, 0.05) is 25.0 Å². The Morgan fingerprint density at radius 1 is 1.10 bits per heavy atom. The quantitative estimate of drug-likeness (QED) is 0.803. The van der Waals surface area contributed by atoms with Crippen LogP contribution in [0.15, 0.2) is 36.5 Å². The van der Waals surface area contributed by atoms with Crippen molar-refractivity contribution < 1.29 is 9.53 Å². The van der Waals surface area contributed by atoms with Crippen LogP contribution in [-0.4, -0.2) is 35.9 Å². The molecule has 104 valence electrons. The summed E-state index contributed by atoms with van der Waals surface area (Å²) in [5, 5.41) is 4.21. The fourth-order valence-corrected chi connectivity index (χ4v) is 2.47. The van der Waals surface area contributed by atoms with Crippen LogP contribution in [0, 0.1) is 0 Å². The van der Waals surface area contributed by atoms with Crippen LogP contribution in [0.4, 0.5) is 5.69 Å². The molecule has 2 heterocycles. The second-order valence-electron chi connectivity index (χ2n) is 4.85. The third-order valence-electron chi connectivity index (χ3n) is 3.57. The Kier molecular flexibility index (Phi) is 3.41. The van der Waals surface area contributed by atoms with Crippen LogP contribution < -0.4 is 4.90 Å². The summed E-state index contributed by atoms with van der Waals surface area (Å²) < 4.78 is 6.33. The Balaban J connectivity index is 1.80. The van der Waals surface area contributed by atoms with E-state index < -0.39 is 5.97 Å². The van der Waals surface area contributed by atoms with Gasteiger partial charge >= 0.3 is 5.97 Å². The number of nitrogens with zero attached hydrogens (tertiary/aromatic N) is 3. The van der Waals surface area contributed by atoms with Crippen LogP contribution in [0.2, 0.25) is 0 Å². The summed E-state index contributed by atoms with van der Waals surface area (Å²) in [4.78, 5) is 13.8. The van der Waals surface area contributed by atoms with Crippen LogP contribution >= 0.6 is 0 Å². The Morgan fingerprint density at radius 2 is 1.75 bits per heavy atom. The van der Waals surface area contributed by atoms with Crippen LogP contribution in [-0.2, 0) is 4.74 Å². The average molecular weight is 271 g/mol. The highest BCUT2D eigenvalue weighted by molar-refractivity contribution is 5.86. The van der Waals surface area contributed by atoms with Crippen molar-refractivity contribution in [3.63, 3.8) is 0 Å². The summed E-state index contributed by atoms with van der Waals surface area (Å²) >= 11 is 0. The van der Waals surface area contributed by atoms with Crippen molar-refractivity contribution >= 4 is 11.7 Å². The van der Waals surface area contributed by atoms with Crippen molar-refractivity contribution in [1.29, 1.82) is 0 Å². The molecule has 2 aromatic rings. The summed E-state index contributed by atoms with van der Waals surface area (Å²) in [7, 11) is 1.35. The molecule has 5 nitrogen and oxygen atoms in total. The monoisotopic (exact) mass is 271 g/mol. The molecular weight excluding hydrogens is 254 g/mol. The smallest absolute Gasteiger partial charge is 0.358 e. The third-order valence-corrected chi connectivity index (χ3v) is 3.57. The van der Waals surface area contributed by atoms with Crippen molar-refractivity contribution in [1.82, 2.24) is 9.78 Å². The number of rotatable bonds is 3. The fraction of sp³-hybridized carbons (Fsp3) is 0.333. The van der Waals surface area contributed by atoms with E-state index in [-0.39, 0.29) is 0 Å². The van der Waals surface area contributed by atoms with E-state index in [4.69, 9.17) is 0 Å². The highest BCUT2D eigenvalue weighted by Gasteiger charge is 2.13. The predicted octanol–water partition coefficient (Wildman–Crippen LogP) is 2.26. The first kappa shape index (κ1) is 12.7. The molecule has 1 aromatic carbocycles. The Hall–Kier alpha value is -2.30. The number of hydrogen-bond acceptors (Lipinski definition) is 4. The Bertz CT molecular complexity index is 598. The van der Waals surface area contributed by atoms with E-state index in [1.165, 1.54) is 25.6 Å². The average Bonchev–Trinajstić information content (AvgIpc) is 3.18. The molecule has 5 heteroatoms. The molecule has 0 spiro atoms. The van der Waals surface area contributed by atoms with Gasteiger partial charge in [-0.05, 0) is 43.2 Å². The van der Waals surface area contributed by atoms with Crippen molar-refractivity contribution in [2.24, 2.45) is 0 Å². The van der Waals surface area contributed by atoms with E-state index in [9.17, 15) is 4.79 Å². The van der Waals surface area contributed by atoms with Gasteiger partial charge in [0.2, 0.25) is 0 Å². The number of methoxy groups -OCH3 is 1. The predicted molar refractivity (Wildman–Crippen MR) is 76.4 cm³/mol. The molecule has 1 aliphatic heterocycles. The van der Waals surface area contributed by atoms with Gasteiger partial charge in [0.25, 0.3) is 0 Å². The molecule has 1 aliphatic rings. The van der Waals surface area contributed by atoms with Crippen LogP contribution in [0.1, 0.15) is 23.3 Å². The number of benzene rings is 1. The Morgan fingerprint density at radius 3 is 2.40 bits per heavy atom. The molecular formula is C15H17N3O2. The van der Waals surface area contributed by atoms with Crippen molar-refractivity contribution in [2.45, 2.75) is 12.8 Å². The summed E-state index contributed by atoms with van der Waals surface area (Å²) in [6.07, 6.45) is 4.30. The lowest BCUT2D eigenvalue weighted by Crippen LogP contribution is -2.17. The number of carbonyl (C=O) groups is 1. The van der Waals surface area contributed by atoms with Crippen molar-refractivity contribution in [3.8, 4) is 5.69 Å². The van der Waals surface area contributed by atoms with E-state index >= 15 is 0 Å². The van der Waals surface area contributed by atoms with Crippen LogP contribution in [0.3, 0.4) is 0 Å². The normalized spacial score (nSPS) is 14.6. The van der Waals surface area contributed by atoms with E-state index in [1.807, 2.05) is 12.1 Å². The standard InChI is InChI=1S/C15H17N3O2/c1-20-15(19)14-8-11-18(16-14)13-6-4-12(5-7-13)17-9-2-3-10-17/h4-8,11H,2-3,9-10H2,1H3. The van der Waals surface area contributed by atoms with Gasteiger partial charge in [-0.1, -0.05) is 0 Å². The van der Waals surface area contributed by atoms with Gasteiger partial charge in [-0.25, -0.2) is 9.48 Å². The largest absolute Gasteiger partial charge is 0.464 e. The topological polar surface area (TPSA) is 47.4 Å². The third kappa shape index (κ3) is 2.39. The maximum Gasteiger partial charge on any atom is 0.358 e. The van der Waals surface area contributed by atoms with E-state index in [0.29, 0.717) is 5.69 Å². The summed E-state index contributed by atoms with van der Waals surface area (Å²) in [6.45, 7) is 2.27. The molecule has 0 radical (unpaired) electrons. The first-order chi connectivity index (χ1) is 9.78. The highest BCUT2D eigenvalue weighted by atomic mass is 16.5. The molecule has 1 saturated heterocycles. The second kappa shape index (κ2) is 5.36. The zero-order valence-corrected chi connectivity index (χ0v) is 11.5. The molecule has 0 unspecified atom stereocenters. The van der Waals surface area contributed by atoms with Gasteiger partial charge in [-0.15, -0.1) is 0 Å². The molecule has 20 heavy (non-hydrogen) atoms. The number of ether oxygens (including phenoxy) is 1.